The molecule has 2 aromatic rings. The third-order valence-corrected chi connectivity index (χ3v) is 3.71. The normalized spacial score (nSPS) is 11.6. The summed E-state index contributed by atoms with van der Waals surface area (Å²) >= 11 is 0. The third-order valence-electron chi connectivity index (χ3n) is 3.71. The van der Waals surface area contributed by atoms with Crippen LogP contribution in [-0.4, -0.2) is 18.5 Å². The third kappa shape index (κ3) is 5.54. The summed E-state index contributed by atoms with van der Waals surface area (Å²) in [7, 11) is 0. The summed E-state index contributed by atoms with van der Waals surface area (Å²) in [6.45, 7) is 5.63. The molecule has 0 aliphatic rings. The number of anilines is 1. The largest absolute Gasteiger partial charge is 0.456 e. The molecule has 0 fully saturated rings. The van der Waals surface area contributed by atoms with Crippen molar-refractivity contribution < 1.29 is 14.3 Å². The Hall–Kier alpha value is -2.62. The van der Waals surface area contributed by atoms with Crippen molar-refractivity contribution in [3.63, 3.8) is 0 Å². The van der Waals surface area contributed by atoms with E-state index in [2.05, 4.69) is 5.32 Å². The van der Waals surface area contributed by atoms with Crippen LogP contribution >= 0.6 is 0 Å². The summed E-state index contributed by atoms with van der Waals surface area (Å²) in [4.78, 5) is 23.8. The molecular weight excluding hydrogens is 302 g/mol. The van der Waals surface area contributed by atoms with Gasteiger partial charge < -0.3 is 10.1 Å². The highest BCUT2D eigenvalue weighted by atomic mass is 16.5. The van der Waals surface area contributed by atoms with E-state index in [9.17, 15) is 9.59 Å². The Bertz CT molecular complexity index is 690. The van der Waals surface area contributed by atoms with Crippen LogP contribution in [0.3, 0.4) is 0 Å². The van der Waals surface area contributed by atoms with Crippen molar-refractivity contribution in [3.05, 3.63) is 65.2 Å². The van der Waals surface area contributed by atoms with Gasteiger partial charge in [-0.3, -0.25) is 9.59 Å². The molecule has 1 atom stereocenters. The molecule has 1 amide bonds. The number of benzene rings is 2. The molecule has 0 heterocycles. The molecule has 2 aromatic carbocycles. The highest BCUT2D eigenvalue weighted by Crippen LogP contribution is 2.19. The first-order valence-electron chi connectivity index (χ1n) is 8.03. The van der Waals surface area contributed by atoms with Gasteiger partial charge in [0.15, 0.2) is 6.61 Å². The lowest BCUT2D eigenvalue weighted by atomic mass is 9.98. The molecule has 0 saturated heterocycles. The van der Waals surface area contributed by atoms with E-state index >= 15 is 0 Å². The highest BCUT2D eigenvalue weighted by Gasteiger charge is 2.13. The zero-order valence-electron chi connectivity index (χ0n) is 14.3. The average molecular weight is 325 g/mol. The van der Waals surface area contributed by atoms with E-state index in [1.807, 2.05) is 69.3 Å². The first-order valence-corrected chi connectivity index (χ1v) is 8.03. The number of nitrogens with one attached hydrogen (secondary N) is 1. The first kappa shape index (κ1) is 17.7. The summed E-state index contributed by atoms with van der Waals surface area (Å²) in [5, 5.41) is 2.75. The van der Waals surface area contributed by atoms with Crippen LogP contribution < -0.4 is 5.32 Å². The van der Waals surface area contributed by atoms with Gasteiger partial charge in [-0.25, -0.2) is 0 Å². The van der Waals surface area contributed by atoms with Gasteiger partial charge in [-0.2, -0.15) is 0 Å². The quantitative estimate of drug-likeness (QED) is 0.817. The van der Waals surface area contributed by atoms with E-state index in [1.54, 1.807) is 0 Å². The molecule has 4 heteroatoms. The number of amides is 1. The van der Waals surface area contributed by atoms with E-state index in [-0.39, 0.29) is 30.8 Å². The number of aryl methyl sites for hydroxylation is 2. The molecule has 0 aliphatic heterocycles. The Balaban J connectivity index is 1.80. The predicted molar refractivity (Wildman–Crippen MR) is 95.0 cm³/mol. The lowest BCUT2D eigenvalue weighted by Gasteiger charge is -2.12. The molecule has 0 radical (unpaired) electrons. The summed E-state index contributed by atoms with van der Waals surface area (Å²) in [6.07, 6.45) is 0.251. The second kappa shape index (κ2) is 8.29. The van der Waals surface area contributed by atoms with Gasteiger partial charge in [-0.15, -0.1) is 0 Å². The maximum absolute atomic E-state index is 11.9. The second-order valence-electron chi connectivity index (χ2n) is 6.10. The number of carbonyl (C=O) groups is 2. The summed E-state index contributed by atoms with van der Waals surface area (Å²) < 4.78 is 5.08. The highest BCUT2D eigenvalue weighted by molar-refractivity contribution is 5.93. The number of esters is 1. The van der Waals surface area contributed by atoms with Crippen molar-refractivity contribution in [3.8, 4) is 0 Å². The number of hydrogen-bond donors (Lipinski definition) is 1. The van der Waals surface area contributed by atoms with Crippen molar-refractivity contribution >= 4 is 17.6 Å². The average Bonchev–Trinajstić information content (AvgIpc) is 2.53. The Labute approximate surface area is 142 Å². The topological polar surface area (TPSA) is 55.4 Å². The molecular formula is C20H23NO3. The van der Waals surface area contributed by atoms with E-state index in [4.69, 9.17) is 4.74 Å². The molecule has 126 valence electrons. The zero-order chi connectivity index (χ0) is 17.5. The van der Waals surface area contributed by atoms with Gasteiger partial charge in [0.1, 0.15) is 0 Å². The molecule has 1 unspecified atom stereocenters. The monoisotopic (exact) mass is 325 g/mol. The summed E-state index contributed by atoms with van der Waals surface area (Å²) in [6, 6.07) is 15.6. The predicted octanol–water partition coefficient (Wildman–Crippen LogP) is 3.98. The Morgan fingerprint density at radius 3 is 2.29 bits per heavy atom. The molecule has 24 heavy (non-hydrogen) atoms. The minimum absolute atomic E-state index is 0.0567. The smallest absolute Gasteiger partial charge is 0.306 e. The van der Waals surface area contributed by atoms with Gasteiger partial charge in [-0.05, 0) is 48.6 Å². The van der Waals surface area contributed by atoms with Crippen molar-refractivity contribution in [1.82, 2.24) is 0 Å². The molecule has 0 bridgehead atoms. The molecule has 2 rings (SSSR count). The van der Waals surface area contributed by atoms with Gasteiger partial charge in [0, 0.05) is 5.69 Å². The van der Waals surface area contributed by atoms with Crippen LogP contribution in [0, 0.1) is 13.8 Å². The fraction of sp³-hybridized carbons (Fsp3) is 0.300. The minimum atomic E-state index is -0.373. The van der Waals surface area contributed by atoms with E-state index < -0.39 is 0 Å². The molecule has 0 aromatic heterocycles. The summed E-state index contributed by atoms with van der Waals surface area (Å²) in [5.41, 5.74) is 3.93. The van der Waals surface area contributed by atoms with Crippen LogP contribution in [0.4, 0.5) is 5.69 Å². The standard InChI is InChI=1S/C20H23NO3/c1-14-9-15(2)11-18(10-14)21-19(22)13-24-20(23)12-16(3)17-7-5-4-6-8-17/h4-11,16H,12-13H2,1-3H3,(H,21,22). The summed E-state index contributed by atoms with van der Waals surface area (Å²) in [5.74, 6) is -0.649. The van der Waals surface area contributed by atoms with Crippen LogP contribution in [0.25, 0.3) is 0 Å². The van der Waals surface area contributed by atoms with Crippen molar-refractivity contribution in [2.24, 2.45) is 0 Å². The van der Waals surface area contributed by atoms with Gasteiger partial charge in [0.2, 0.25) is 0 Å². The molecule has 4 nitrogen and oxygen atoms in total. The van der Waals surface area contributed by atoms with E-state index in [0.29, 0.717) is 5.69 Å². The second-order valence-corrected chi connectivity index (χ2v) is 6.10. The van der Waals surface area contributed by atoms with Crippen LogP contribution in [-0.2, 0) is 14.3 Å². The van der Waals surface area contributed by atoms with Gasteiger partial charge in [-0.1, -0.05) is 43.3 Å². The van der Waals surface area contributed by atoms with Crippen LogP contribution in [0.15, 0.2) is 48.5 Å². The van der Waals surface area contributed by atoms with E-state index in [0.717, 1.165) is 16.7 Å². The Morgan fingerprint density at radius 2 is 1.67 bits per heavy atom. The van der Waals surface area contributed by atoms with Crippen molar-refractivity contribution in [2.45, 2.75) is 33.1 Å². The minimum Gasteiger partial charge on any atom is -0.456 e. The maximum Gasteiger partial charge on any atom is 0.306 e. The van der Waals surface area contributed by atoms with Crippen molar-refractivity contribution in [1.29, 1.82) is 0 Å². The molecule has 0 saturated carbocycles. The van der Waals surface area contributed by atoms with Crippen LogP contribution in [0.1, 0.15) is 36.0 Å². The molecule has 0 spiro atoms. The van der Waals surface area contributed by atoms with Gasteiger partial charge in [0.05, 0.1) is 6.42 Å². The molecule has 0 aliphatic carbocycles. The SMILES string of the molecule is Cc1cc(C)cc(NC(=O)COC(=O)CC(C)c2ccccc2)c1. The van der Waals surface area contributed by atoms with E-state index in [1.165, 1.54) is 0 Å². The number of carbonyl (C=O) groups excluding carboxylic acids is 2. The van der Waals surface area contributed by atoms with Gasteiger partial charge >= 0.3 is 5.97 Å². The maximum atomic E-state index is 11.9. The molecule has 1 N–H and O–H groups in total. The Morgan fingerprint density at radius 1 is 1.04 bits per heavy atom. The zero-order valence-corrected chi connectivity index (χ0v) is 14.3. The number of ether oxygens (including phenoxy) is 1. The lowest BCUT2D eigenvalue weighted by molar-refractivity contribution is -0.147. The van der Waals surface area contributed by atoms with Crippen molar-refractivity contribution in [2.75, 3.05) is 11.9 Å². The first-order chi connectivity index (χ1) is 11.4. The van der Waals surface area contributed by atoms with Gasteiger partial charge in [0.25, 0.3) is 5.91 Å². The Kier molecular flexibility index (Phi) is 6.13. The lowest BCUT2D eigenvalue weighted by Crippen LogP contribution is -2.21. The van der Waals surface area contributed by atoms with Crippen LogP contribution in [0.2, 0.25) is 0 Å². The number of hydrogen-bond acceptors (Lipinski definition) is 3. The number of rotatable bonds is 6. The fourth-order valence-corrected chi connectivity index (χ4v) is 2.60. The fourth-order valence-electron chi connectivity index (χ4n) is 2.60. The van der Waals surface area contributed by atoms with Crippen LogP contribution in [0.5, 0.6) is 0 Å².